The fourth-order valence-corrected chi connectivity index (χ4v) is 5.67. The maximum absolute atomic E-state index is 12.2. The molecule has 3 nitrogen and oxygen atoms in total. The van der Waals surface area contributed by atoms with Crippen LogP contribution in [0.5, 0.6) is 0 Å². The quantitative estimate of drug-likeness (QED) is 0.776. The molecule has 0 aliphatic heterocycles. The number of nitriles is 1. The summed E-state index contributed by atoms with van der Waals surface area (Å²) < 4.78 is 0. The van der Waals surface area contributed by atoms with Gasteiger partial charge in [0.1, 0.15) is 11.1 Å². The molecule has 1 amide bonds. The van der Waals surface area contributed by atoms with E-state index in [0.717, 1.165) is 30.0 Å². The van der Waals surface area contributed by atoms with Gasteiger partial charge in [-0.25, -0.2) is 0 Å². The third-order valence-corrected chi connectivity index (χ3v) is 7.09. The Bertz CT molecular complexity index is 713. The molecule has 1 aliphatic rings. The van der Waals surface area contributed by atoms with Gasteiger partial charge in [-0.05, 0) is 42.7 Å². The molecule has 0 aromatic carbocycles. The molecule has 6 heteroatoms. The lowest BCUT2D eigenvalue weighted by Crippen LogP contribution is -2.14. The minimum atomic E-state index is -0.0144. The van der Waals surface area contributed by atoms with E-state index in [0.29, 0.717) is 11.3 Å². The number of nitrogens with one attached hydrogen (secondary N) is 1. The molecule has 0 unspecified atom stereocenters. The number of nitrogens with zero attached hydrogens (tertiary/aromatic N) is 1. The second-order valence-electron chi connectivity index (χ2n) is 5.50. The number of carbonyl (C=O) groups is 1. The van der Waals surface area contributed by atoms with Crippen molar-refractivity contribution in [2.75, 3.05) is 11.1 Å². The maximum Gasteiger partial charge on any atom is 0.235 e. The average molecular weight is 363 g/mol. The Morgan fingerprint density at radius 1 is 1.35 bits per heavy atom. The summed E-state index contributed by atoms with van der Waals surface area (Å²) in [4.78, 5) is 14.7. The van der Waals surface area contributed by atoms with Crippen LogP contribution in [0.4, 0.5) is 5.00 Å². The van der Waals surface area contributed by atoms with E-state index in [4.69, 9.17) is 0 Å². The van der Waals surface area contributed by atoms with Gasteiger partial charge in [-0.3, -0.25) is 4.79 Å². The highest BCUT2D eigenvalue weighted by Crippen LogP contribution is 2.37. The minimum absolute atomic E-state index is 0.0144. The van der Waals surface area contributed by atoms with Crippen molar-refractivity contribution >= 4 is 45.3 Å². The lowest BCUT2D eigenvalue weighted by atomic mass is 10.1. The molecule has 2 heterocycles. The average Bonchev–Trinajstić information content (AvgIpc) is 3.10. The fourth-order valence-electron chi connectivity index (χ4n) is 2.75. The Kier molecular flexibility index (Phi) is 5.76. The van der Waals surface area contributed by atoms with E-state index in [1.165, 1.54) is 28.2 Å². The molecule has 2 aromatic heterocycles. The Labute approximate surface area is 148 Å². The van der Waals surface area contributed by atoms with Gasteiger partial charge in [0.25, 0.3) is 0 Å². The smallest absolute Gasteiger partial charge is 0.235 e. The monoisotopic (exact) mass is 362 g/mol. The molecular formula is C17H18N2OS3. The highest BCUT2D eigenvalue weighted by atomic mass is 32.2. The molecule has 0 saturated carbocycles. The van der Waals surface area contributed by atoms with Gasteiger partial charge in [-0.15, -0.1) is 34.4 Å². The second-order valence-corrected chi connectivity index (χ2v) is 8.62. The predicted molar refractivity (Wildman–Crippen MR) is 99.4 cm³/mol. The van der Waals surface area contributed by atoms with Crippen molar-refractivity contribution < 1.29 is 4.79 Å². The minimum Gasteiger partial charge on any atom is -0.316 e. The van der Waals surface area contributed by atoms with Crippen LogP contribution >= 0.6 is 34.4 Å². The molecule has 0 saturated heterocycles. The third kappa shape index (κ3) is 4.17. The summed E-state index contributed by atoms with van der Waals surface area (Å²) >= 11 is 4.92. The van der Waals surface area contributed by atoms with E-state index in [-0.39, 0.29) is 5.91 Å². The maximum atomic E-state index is 12.2. The van der Waals surface area contributed by atoms with Crippen LogP contribution in [0.3, 0.4) is 0 Å². The molecule has 2 aromatic rings. The largest absolute Gasteiger partial charge is 0.316 e. The van der Waals surface area contributed by atoms with Gasteiger partial charge in [0.15, 0.2) is 0 Å². The zero-order valence-corrected chi connectivity index (χ0v) is 15.2. The first kappa shape index (κ1) is 16.6. The van der Waals surface area contributed by atoms with Crippen molar-refractivity contribution in [3.05, 3.63) is 38.4 Å². The Hall–Kier alpha value is -1.29. The van der Waals surface area contributed by atoms with Crippen molar-refractivity contribution in [2.45, 2.75) is 37.9 Å². The highest BCUT2D eigenvalue weighted by molar-refractivity contribution is 7.99. The Morgan fingerprint density at radius 3 is 3.00 bits per heavy atom. The van der Waals surface area contributed by atoms with Gasteiger partial charge < -0.3 is 5.32 Å². The van der Waals surface area contributed by atoms with E-state index in [9.17, 15) is 10.1 Å². The van der Waals surface area contributed by atoms with E-state index < -0.39 is 0 Å². The summed E-state index contributed by atoms with van der Waals surface area (Å²) in [5, 5.41) is 15.2. The van der Waals surface area contributed by atoms with Gasteiger partial charge in [0.2, 0.25) is 5.91 Å². The zero-order valence-electron chi connectivity index (χ0n) is 12.8. The fraction of sp³-hybridized carbons (Fsp3) is 0.412. The van der Waals surface area contributed by atoms with Crippen molar-refractivity contribution in [2.24, 2.45) is 0 Å². The molecule has 1 aliphatic carbocycles. The standard InChI is InChI=1S/C17H18N2OS3/c18-9-14-13-6-2-1-3-7-15(13)23-17(14)19-16(20)11-21-10-12-5-4-8-22-12/h4-5,8H,1-3,6-7,10-11H2,(H,19,20). The molecule has 0 atom stereocenters. The van der Waals surface area contributed by atoms with Crippen LogP contribution < -0.4 is 5.32 Å². The summed E-state index contributed by atoms with van der Waals surface area (Å²) in [5.74, 6) is 1.27. The van der Waals surface area contributed by atoms with Gasteiger partial charge >= 0.3 is 0 Å². The summed E-state index contributed by atoms with van der Waals surface area (Å²) in [6.07, 6.45) is 5.56. The number of carbonyl (C=O) groups excluding carboxylic acids is 1. The number of thioether (sulfide) groups is 1. The molecule has 0 spiro atoms. The number of rotatable bonds is 5. The number of aryl methyl sites for hydroxylation is 1. The second kappa shape index (κ2) is 8.00. The number of amides is 1. The normalized spacial score (nSPS) is 13.9. The van der Waals surface area contributed by atoms with Gasteiger partial charge in [0.05, 0.1) is 11.3 Å². The lowest BCUT2D eigenvalue weighted by molar-refractivity contribution is -0.113. The van der Waals surface area contributed by atoms with Crippen LogP contribution in [0, 0.1) is 11.3 Å². The Balaban J connectivity index is 1.61. The SMILES string of the molecule is N#Cc1c(NC(=O)CSCc2cccs2)sc2c1CCCCC2. The third-order valence-electron chi connectivity index (χ3n) is 3.84. The molecule has 1 N–H and O–H groups in total. The van der Waals surface area contributed by atoms with Crippen LogP contribution in [0.15, 0.2) is 17.5 Å². The van der Waals surface area contributed by atoms with Crippen LogP contribution in [0.2, 0.25) is 0 Å². The van der Waals surface area contributed by atoms with Crippen molar-refractivity contribution in [3.63, 3.8) is 0 Å². The van der Waals surface area contributed by atoms with E-state index in [2.05, 4.69) is 17.5 Å². The molecular weight excluding hydrogens is 344 g/mol. The van der Waals surface area contributed by atoms with E-state index >= 15 is 0 Å². The van der Waals surface area contributed by atoms with Gasteiger partial charge in [0, 0.05) is 15.5 Å². The number of hydrogen-bond acceptors (Lipinski definition) is 5. The summed E-state index contributed by atoms with van der Waals surface area (Å²) in [7, 11) is 0. The molecule has 3 rings (SSSR count). The van der Waals surface area contributed by atoms with Gasteiger partial charge in [-0.2, -0.15) is 5.26 Å². The number of fused-ring (bicyclic) bond motifs is 1. The predicted octanol–water partition coefficient (Wildman–Crippen LogP) is 4.82. The summed E-state index contributed by atoms with van der Waals surface area (Å²) in [5.41, 5.74) is 1.88. The van der Waals surface area contributed by atoms with Crippen LogP contribution in [-0.4, -0.2) is 11.7 Å². The topological polar surface area (TPSA) is 52.9 Å². The van der Waals surface area contributed by atoms with Gasteiger partial charge in [-0.1, -0.05) is 12.5 Å². The molecule has 120 valence electrons. The molecule has 0 radical (unpaired) electrons. The number of hydrogen-bond donors (Lipinski definition) is 1. The van der Waals surface area contributed by atoms with Crippen LogP contribution in [-0.2, 0) is 23.4 Å². The molecule has 23 heavy (non-hydrogen) atoms. The summed E-state index contributed by atoms with van der Waals surface area (Å²) in [6, 6.07) is 6.42. The molecule has 0 bridgehead atoms. The first-order valence-electron chi connectivity index (χ1n) is 7.72. The number of thiophene rings is 2. The van der Waals surface area contributed by atoms with Crippen molar-refractivity contribution in [1.82, 2.24) is 0 Å². The van der Waals surface area contributed by atoms with E-state index in [1.807, 2.05) is 11.4 Å². The summed E-state index contributed by atoms with van der Waals surface area (Å²) in [6.45, 7) is 0. The van der Waals surface area contributed by atoms with Crippen LogP contribution in [0.25, 0.3) is 0 Å². The van der Waals surface area contributed by atoms with Crippen molar-refractivity contribution in [1.29, 1.82) is 5.26 Å². The van der Waals surface area contributed by atoms with E-state index in [1.54, 1.807) is 34.4 Å². The molecule has 0 fully saturated rings. The number of anilines is 1. The first-order chi connectivity index (χ1) is 11.3. The zero-order chi connectivity index (χ0) is 16.1. The van der Waals surface area contributed by atoms with Crippen molar-refractivity contribution in [3.8, 4) is 6.07 Å². The van der Waals surface area contributed by atoms with Crippen LogP contribution in [0.1, 0.15) is 40.1 Å². The Morgan fingerprint density at radius 2 is 2.22 bits per heavy atom. The highest BCUT2D eigenvalue weighted by Gasteiger charge is 2.20. The lowest BCUT2D eigenvalue weighted by Gasteiger charge is -2.03. The first-order valence-corrected chi connectivity index (χ1v) is 10.6.